The molecule has 0 aromatic heterocycles. The molecule has 1 nitrogen and oxygen atoms in total. The zero-order valence-corrected chi connectivity index (χ0v) is 13.9. The van der Waals surface area contributed by atoms with Crippen molar-refractivity contribution in [1.29, 1.82) is 0 Å². The zero-order valence-electron chi connectivity index (χ0n) is 12.4. The van der Waals surface area contributed by atoms with Gasteiger partial charge in [0, 0.05) is 10.2 Å². The van der Waals surface area contributed by atoms with E-state index in [0.29, 0.717) is 4.83 Å². The highest BCUT2D eigenvalue weighted by atomic mass is 79.9. The molecule has 0 aliphatic carbocycles. The molecular weight excluding hydrogens is 312 g/mol. The normalized spacial score (nSPS) is 12.6. The molecule has 1 unspecified atom stereocenters. The number of fused-ring (bicyclic) bond motifs is 1. The third kappa shape index (κ3) is 3.54. The summed E-state index contributed by atoms with van der Waals surface area (Å²) < 4.78 is 5.46. The third-order valence-electron chi connectivity index (χ3n) is 3.79. The number of unbranched alkanes of at least 4 members (excludes halogenated alkanes) is 3. The number of methoxy groups -OCH3 is 1. The van der Waals surface area contributed by atoms with Crippen LogP contribution in [0.2, 0.25) is 0 Å². The minimum absolute atomic E-state index is 0.426. The summed E-state index contributed by atoms with van der Waals surface area (Å²) in [6.45, 7) is 2.25. The molecule has 0 bridgehead atoms. The number of rotatable bonds is 7. The molecule has 0 heterocycles. The Labute approximate surface area is 130 Å². The lowest BCUT2D eigenvalue weighted by Crippen LogP contribution is -1.94. The van der Waals surface area contributed by atoms with Crippen molar-refractivity contribution in [3.05, 3.63) is 42.0 Å². The van der Waals surface area contributed by atoms with Gasteiger partial charge in [0.15, 0.2) is 0 Å². The van der Waals surface area contributed by atoms with Gasteiger partial charge in [0.2, 0.25) is 0 Å². The summed E-state index contributed by atoms with van der Waals surface area (Å²) in [6.07, 6.45) is 6.43. The van der Waals surface area contributed by atoms with Crippen LogP contribution in [0.25, 0.3) is 10.8 Å². The zero-order chi connectivity index (χ0) is 14.4. The Morgan fingerprint density at radius 2 is 1.75 bits per heavy atom. The van der Waals surface area contributed by atoms with Crippen LogP contribution in [0.5, 0.6) is 5.75 Å². The number of ether oxygens (including phenoxy) is 1. The number of hydrogen-bond acceptors (Lipinski definition) is 1. The first-order chi connectivity index (χ1) is 9.77. The first-order valence-corrected chi connectivity index (χ1v) is 8.39. The van der Waals surface area contributed by atoms with Gasteiger partial charge in [-0.15, -0.1) is 0 Å². The van der Waals surface area contributed by atoms with Crippen molar-refractivity contribution in [2.45, 2.75) is 43.9 Å². The van der Waals surface area contributed by atoms with E-state index in [1.807, 2.05) is 0 Å². The molecule has 20 heavy (non-hydrogen) atoms. The van der Waals surface area contributed by atoms with Crippen LogP contribution in [0.4, 0.5) is 0 Å². The molecule has 0 amide bonds. The highest BCUT2D eigenvalue weighted by molar-refractivity contribution is 9.09. The molecule has 2 aromatic carbocycles. The fourth-order valence-electron chi connectivity index (χ4n) is 2.65. The Morgan fingerprint density at radius 3 is 2.45 bits per heavy atom. The average Bonchev–Trinajstić information content (AvgIpc) is 2.50. The van der Waals surface area contributed by atoms with E-state index in [1.165, 1.54) is 48.4 Å². The van der Waals surface area contributed by atoms with E-state index < -0.39 is 0 Å². The molecule has 108 valence electrons. The summed E-state index contributed by atoms with van der Waals surface area (Å²) in [6, 6.07) is 12.8. The molecule has 2 rings (SSSR count). The first-order valence-electron chi connectivity index (χ1n) is 7.47. The second kappa shape index (κ2) is 7.68. The summed E-state index contributed by atoms with van der Waals surface area (Å²) in [5.41, 5.74) is 1.37. The second-order valence-electron chi connectivity index (χ2n) is 5.22. The highest BCUT2D eigenvalue weighted by Gasteiger charge is 2.12. The van der Waals surface area contributed by atoms with E-state index in [0.717, 1.165) is 5.75 Å². The maximum absolute atomic E-state index is 5.46. The summed E-state index contributed by atoms with van der Waals surface area (Å²) >= 11 is 3.86. The first kappa shape index (κ1) is 15.4. The maximum atomic E-state index is 5.46. The van der Waals surface area contributed by atoms with Gasteiger partial charge in [-0.2, -0.15) is 0 Å². The molecule has 0 fully saturated rings. The molecule has 1 atom stereocenters. The Kier molecular flexibility index (Phi) is 5.90. The molecule has 0 spiro atoms. The molecule has 2 heteroatoms. The standard InChI is InChI=1S/C18H23BrO/c1-3-4-5-6-11-17(19)15-12-13-18(20-2)16-10-8-7-9-14(15)16/h7-10,12-13,17H,3-6,11H2,1-2H3. The predicted molar refractivity (Wildman–Crippen MR) is 90.9 cm³/mol. The quantitative estimate of drug-likeness (QED) is 0.429. The van der Waals surface area contributed by atoms with Gasteiger partial charge in [-0.3, -0.25) is 0 Å². The van der Waals surface area contributed by atoms with Crippen LogP contribution in [-0.4, -0.2) is 7.11 Å². The van der Waals surface area contributed by atoms with Gasteiger partial charge in [0.1, 0.15) is 5.75 Å². The van der Waals surface area contributed by atoms with Crippen LogP contribution in [0.15, 0.2) is 36.4 Å². The van der Waals surface area contributed by atoms with Gasteiger partial charge < -0.3 is 4.74 Å². The van der Waals surface area contributed by atoms with Crippen molar-refractivity contribution in [2.75, 3.05) is 7.11 Å². The second-order valence-corrected chi connectivity index (χ2v) is 6.32. The van der Waals surface area contributed by atoms with Crippen LogP contribution >= 0.6 is 15.9 Å². The Morgan fingerprint density at radius 1 is 1.00 bits per heavy atom. The van der Waals surface area contributed by atoms with Crippen molar-refractivity contribution in [3.63, 3.8) is 0 Å². The van der Waals surface area contributed by atoms with E-state index in [9.17, 15) is 0 Å². The van der Waals surface area contributed by atoms with Crippen molar-refractivity contribution < 1.29 is 4.74 Å². The maximum Gasteiger partial charge on any atom is 0.126 e. The predicted octanol–water partition coefficient (Wildman–Crippen LogP) is 6.25. The lowest BCUT2D eigenvalue weighted by Gasteiger charge is -2.15. The number of halogens is 1. The van der Waals surface area contributed by atoms with Crippen LogP contribution in [0, 0.1) is 0 Å². The van der Waals surface area contributed by atoms with Gasteiger partial charge in [0.05, 0.1) is 7.11 Å². The third-order valence-corrected chi connectivity index (χ3v) is 4.74. The lowest BCUT2D eigenvalue weighted by atomic mass is 9.98. The van der Waals surface area contributed by atoms with Gasteiger partial charge in [0.25, 0.3) is 0 Å². The Balaban J connectivity index is 2.21. The fraction of sp³-hybridized carbons (Fsp3) is 0.444. The molecule has 0 aliphatic heterocycles. The molecule has 0 saturated carbocycles. The molecule has 2 aromatic rings. The van der Waals surface area contributed by atoms with Crippen LogP contribution in [-0.2, 0) is 0 Å². The fourth-order valence-corrected chi connectivity index (χ4v) is 3.37. The van der Waals surface area contributed by atoms with Crippen molar-refractivity contribution >= 4 is 26.7 Å². The van der Waals surface area contributed by atoms with E-state index in [4.69, 9.17) is 4.74 Å². The smallest absolute Gasteiger partial charge is 0.126 e. The van der Waals surface area contributed by atoms with E-state index in [-0.39, 0.29) is 0 Å². The Hall–Kier alpha value is -1.02. The monoisotopic (exact) mass is 334 g/mol. The van der Waals surface area contributed by atoms with Gasteiger partial charge in [-0.25, -0.2) is 0 Å². The highest BCUT2D eigenvalue weighted by Crippen LogP contribution is 2.37. The topological polar surface area (TPSA) is 9.23 Å². The minimum atomic E-state index is 0.426. The van der Waals surface area contributed by atoms with Crippen molar-refractivity contribution in [2.24, 2.45) is 0 Å². The Bertz CT molecular complexity index is 550. The number of alkyl halides is 1. The van der Waals surface area contributed by atoms with Gasteiger partial charge in [-0.1, -0.05) is 78.9 Å². The largest absolute Gasteiger partial charge is 0.496 e. The average molecular weight is 335 g/mol. The SMILES string of the molecule is CCCCCCC(Br)c1ccc(OC)c2ccccc12. The van der Waals surface area contributed by atoms with Crippen molar-refractivity contribution in [1.82, 2.24) is 0 Å². The van der Waals surface area contributed by atoms with Crippen LogP contribution < -0.4 is 4.74 Å². The van der Waals surface area contributed by atoms with E-state index >= 15 is 0 Å². The molecule has 0 saturated heterocycles. The van der Waals surface area contributed by atoms with Gasteiger partial charge in [-0.05, 0) is 23.4 Å². The summed E-state index contributed by atoms with van der Waals surface area (Å²) in [7, 11) is 1.73. The van der Waals surface area contributed by atoms with Crippen LogP contribution in [0.3, 0.4) is 0 Å². The molecule has 0 radical (unpaired) electrons. The lowest BCUT2D eigenvalue weighted by molar-refractivity contribution is 0.419. The van der Waals surface area contributed by atoms with Crippen LogP contribution in [0.1, 0.15) is 49.4 Å². The van der Waals surface area contributed by atoms with E-state index in [1.54, 1.807) is 7.11 Å². The summed E-state index contributed by atoms with van der Waals surface area (Å²) in [5, 5.41) is 2.50. The minimum Gasteiger partial charge on any atom is -0.496 e. The summed E-state index contributed by atoms with van der Waals surface area (Å²) in [5.74, 6) is 0.954. The van der Waals surface area contributed by atoms with Gasteiger partial charge >= 0.3 is 0 Å². The molecule has 0 N–H and O–H groups in total. The number of hydrogen-bond donors (Lipinski definition) is 0. The molecular formula is C18H23BrO. The molecule has 0 aliphatic rings. The van der Waals surface area contributed by atoms with Crippen molar-refractivity contribution in [3.8, 4) is 5.75 Å². The summed E-state index contributed by atoms with van der Waals surface area (Å²) in [4.78, 5) is 0.426. The number of benzene rings is 2. The van der Waals surface area contributed by atoms with E-state index in [2.05, 4.69) is 59.3 Å².